The Hall–Kier alpha value is -7.59. The molecule has 0 radical (unpaired) electrons. The molecule has 4 atom stereocenters. The van der Waals surface area contributed by atoms with Gasteiger partial charge in [0.15, 0.2) is 11.8 Å². The number of aromatic nitrogens is 2. The fourth-order valence-corrected chi connectivity index (χ4v) is 7.53. The summed E-state index contributed by atoms with van der Waals surface area (Å²) in [4.78, 5) is 84.6. The number of aliphatic imine (C=N–C) groups is 1. The summed E-state index contributed by atoms with van der Waals surface area (Å²) in [6.07, 6.45) is -0.0881. The SMILES string of the molecule is Cc1nc(-c2ccc(C(C)(C)C)cc2)nc(C)c1C(=O)NC(CCN)C(=O)N(C)C1C(=O)NC(C)C(=O)NC(C(=O)NCC#N)Cc2ccc(O)c(c2)-c2cc1ccc2OCCN=C(N)N. The predicted octanol–water partition coefficient (Wildman–Crippen LogP) is 1.92. The van der Waals surface area contributed by atoms with Crippen molar-refractivity contribution in [2.75, 3.05) is 33.3 Å². The maximum absolute atomic E-state index is 14.7. The zero-order valence-corrected chi connectivity index (χ0v) is 38.2. The van der Waals surface area contributed by atoms with Crippen LogP contribution in [0.5, 0.6) is 11.5 Å². The third kappa shape index (κ3) is 11.9. The molecule has 5 rings (SSSR count). The van der Waals surface area contributed by atoms with Gasteiger partial charge in [-0.2, -0.15) is 5.26 Å². The second-order valence-electron chi connectivity index (χ2n) is 17.0. The molecule has 11 N–H and O–H groups in total. The van der Waals surface area contributed by atoms with E-state index in [2.05, 4.69) is 57.0 Å². The highest BCUT2D eigenvalue weighted by molar-refractivity contribution is 6.00. The lowest BCUT2D eigenvalue weighted by Gasteiger charge is -2.32. The van der Waals surface area contributed by atoms with E-state index < -0.39 is 53.7 Å². The van der Waals surface area contributed by atoms with Crippen molar-refractivity contribution < 1.29 is 33.8 Å². The Labute approximate surface area is 383 Å². The van der Waals surface area contributed by atoms with Gasteiger partial charge in [0.2, 0.25) is 23.6 Å². The number of nitriles is 1. The molecule has 2 heterocycles. The normalized spacial score (nSPS) is 16.6. The van der Waals surface area contributed by atoms with E-state index in [1.165, 1.54) is 20.0 Å². The minimum Gasteiger partial charge on any atom is -0.507 e. The van der Waals surface area contributed by atoms with Crippen molar-refractivity contribution in [1.82, 2.24) is 36.1 Å². The molecule has 0 fully saturated rings. The van der Waals surface area contributed by atoms with Crippen molar-refractivity contribution in [1.29, 1.82) is 5.26 Å². The number of benzene rings is 3. The number of ether oxygens (including phenoxy) is 1. The zero-order chi connectivity index (χ0) is 48.5. The first-order valence-corrected chi connectivity index (χ1v) is 21.4. The van der Waals surface area contributed by atoms with Gasteiger partial charge in [-0.1, -0.05) is 57.2 Å². The number of fused-ring (bicyclic) bond motifs is 5. The minimum absolute atomic E-state index is 0.00934. The van der Waals surface area contributed by atoms with Crippen LogP contribution in [0, 0.1) is 25.2 Å². The third-order valence-corrected chi connectivity index (χ3v) is 11.0. The van der Waals surface area contributed by atoms with Crippen molar-refractivity contribution in [3.05, 3.63) is 94.3 Å². The van der Waals surface area contributed by atoms with Crippen LogP contribution in [0.15, 0.2) is 65.7 Å². The number of rotatable bonds is 13. The second-order valence-corrected chi connectivity index (χ2v) is 17.0. The Balaban J connectivity index is 1.55. The monoisotopic (exact) mass is 902 g/mol. The van der Waals surface area contributed by atoms with E-state index >= 15 is 0 Å². The number of phenols is 1. The van der Waals surface area contributed by atoms with Gasteiger partial charge in [-0.15, -0.1) is 0 Å². The van der Waals surface area contributed by atoms with E-state index in [0.29, 0.717) is 28.3 Å². The number of aromatic hydroxyl groups is 1. The van der Waals surface area contributed by atoms with Gasteiger partial charge in [-0.25, -0.2) is 9.97 Å². The minimum atomic E-state index is -1.46. The molecule has 1 aliphatic heterocycles. The molecule has 4 aromatic rings. The van der Waals surface area contributed by atoms with Gasteiger partial charge in [-0.05, 0) is 80.1 Å². The lowest BCUT2D eigenvalue weighted by Crippen LogP contribution is -2.56. The Kier molecular flexibility index (Phi) is 16.0. The van der Waals surface area contributed by atoms with Crippen LogP contribution < -0.4 is 43.2 Å². The fourth-order valence-electron chi connectivity index (χ4n) is 7.53. The van der Waals surface area contributed by atoms with Gasteiger partial charge >= 0.3 is 0 Å². The van der Waals surface area contributed by atoms with Gasteiger partial charge in [-0.3, -0.25) is 29.0 Å². The highest BCUT2D eigenvalue weighted by atomic mass is 16.5. The summed E-state index contributed by atoms with van der Waals surface area (Å²) in [6.45, 7) is 10.9. The third-order valence-electron chi connectivity index (χ3n) is 11.0. The molecule has 348 valence electrons. The average Bonchev–Trinajstić information content (AvgIpc) is 3.26. The Morgan fingerprint density at radius 3 is 2.30 bits per heavy atom. The number of hydrogen-bond donors (Lipinski definition) is 8. The molecule has 0 saturated heterocycles. The smallest absolute Gasteiger partial charge is 0.255 e. The predicted molar refractivity (Wildman–Crippen MR) is 248 cm³/mol. The molecule has 5 amide bonds. The van der Waals surface area contributed by atoms with E-state index in [0.717, 1.165) is 16.0 Å². The summed E-state index contributed by atoms with van der Waals surface area (Å²) in [6, 6.07) is 13.8. The quantitative estimate of drug-likeness (QED) is 0.0412. The Bertz CT molecular complexity index is 2520. The first-order valence-electron chi connectivity index (χ1n) is 21.4. The number of nitrogens with two attached hydrogens (primary N) is 3. The molecule has 0 aliphatic carbocycles. The number of likely N-dealkylation sites (N-methyl/N-ethyl adjacent to an activating group) is 1. The molecule has 66 heavy (non-hydrogen) atoms. The molecular formula is C47H58N12O7. The number of nitrogens with zero attached hydrogens (tertiary/aromatic N) is 5. The summed E-state index contributed by atoms with van der Waals surface area (Å²) in [5, 5.41) is 31.0. The van der Waals surface area contributed by atoms with Crippen LogP contribution in [0.4, 0.5) is 0 Å². The highest BCUT2D eigenvalue weighted by Crippen LogP contribution is 2.39. The van der Waals surface area contributed by atoms with Gasteiger partial charge in [0.1, 0.15) is 48.8 Å². The number of phenolic OH excluding ortho intramolecular Hbond substituents is 1. The van der Waals surface area contributed by atoms with E-state index in [1.54, 1.807) is 44.2 Å². The van der Waals surface area contributed by atoms with E-state index in [1.807, 2.05) is 30.3 Å². The van der Waals surface area contributed by atoms with Crippen LogP contribution in [-0.2, 0) is 31.0 Å². The van der Waals surface area contributed by atoms with Crippen molar-refractivity contribution in [2.24, 2.45) is 22.2 Å². The maximum Gasteiger partial charge on any atom is 0.255 e. The number of carbonyl (C=O) groups excluding carboxylic acids is 5. The Morgan fingerprint density at radius 2 is 1.68 bits per heavy atom. The van der Waals surface area contributed by atoms with E-state index in [9.17, 15) is 29.1 Å². The van der Waals surface area contributed by atoms with Crippen molar-refractivity contribution in [3.8, 4) is 40.1 Å². The number of guanidine groups is 1. The zero-order valence-electron chi connectivity index (χ0n) is 38.2. The number of hydrogen-bond acceptors (Lipinski definition) is 12. The van der Waals surface area contributed by atoms with Crippen molar-refractivity contribution in [3.63, 3.8) is 0 Å². The van der Waals surface area contributed by atoms with E-state index in [-0.39, 0.29) is 78.6 Å². The van der Waals surface area contributed by atoms with Gasteiger partial charge in [0.05, 0.1) is 29.6 Å². The lowest BCUT2D eigenvalue weighted by atomic mass is 9.86. The number of nitrogens with one attached hydrogen (secondary N) is 4. The summed E-state index contributed by atoms with van der Waals surface area (Å²) in [5.74, 6) is -3.18. The highest BCUT2D eigenvalue weighted by Gasteiger charge is 2.36. The molecule has 0 spiro atoms. The molecule has 19 heteroatoms. The number of carbonyl (C=O) groups is 5. The number of aryl methyl sites for hydroxylation is 2. The molecular weight excluding hydrogens is 845 g/mol. The molecule has 3 aromatic carbocycles. The average molecular weight is 903 g/mol. The van der Waals surface area contributed by atoms with Crippen molar-refractivity contribution >= 4 is 35.5 Å². The Morgan fingerprint density at radius 1 is 1.00 bits per heavy atom. The topological polar surface area (TPSA) is 306 Å². The van der Waals surface area contributed by atoms with Crippen LogP contribution in [0.25, 0.3) is 22.5 Å². The molecule has 4 bridgehead atoms. The van der Waals surface area contributed by atoms with Gasteiger partial charge in [0, 0.05) is 30.2 Å². The maximum atomic E-state index is 14.7. The van der Waals surface area contributed by atoms with Gasteiger partial charge in [0.25, 0.3) is 5.91 Å². The molecule has 19 nitrogen and oxygen atoms in total. The number of amides is 5. The summed E-state index contributed by atoms with van der Waals surface area (Å²) in [7, 11) is 1.38. The largest absolute Gasteiger partial charge is 0.507 e. The standard InChI is InChI=1S/C47H58N12O7/c1-25-38(26(2)55-40(54-25)29-9-12-31(13-10-29)47(4,5)6)43(63)57-34(16-17-48)45(65)59(7)39-30-11-15-37(66-21-20-53-46(50)51)33(24-30)32-22-28(8-14-36(32)60)23-35(42(62)52-19-18-49)58-41(61)27(3)56-44(39)64/h8-15,22,24,27,34-35,39,60H,16-17,19-21,23,48H2,1-7H3,(H,52,62)(H,56,64)(H,57,63)(H,58,61)(H4,50,51,53). The van der Waals surface area contributed by atoms with Crippen LogP contribution in [-0.4, -0.2) is 107 Å². The van der Waals surface area contributed by atoms with Crippen LogP contribution in [0.3, 0.4) is 0 Å². The first-order chi connectivity index (χ1) is 31.2. The van der Waals surface area contributed by atoms with Crippen molar-refractivity contribution in [2.45, 2.75) is 84.0 Å². The van der Waals surface area contributed by atoms with Crippen LogP contribution >= 0.6 is 0 Å². The lowest BCUT2D eigenvalue weighted by molar-refractivity contribution is -0.141. The summed E-state index contributed by atoms with van der Waals surface area (Å²) in [5.41, 5.74) is 21.1. The molecule has 1 aliphatic rings. The van der Waals surface area contributed by atoms with Gasteiger partial charge < -0.3 is 53.2 Å². The molecule has 1 aromatic heterocycles. The first kappa shape index (κ1) is 49.4. The second kappa shape index (κ2) is 21.4. The molecule has 4 unspecified atom stereocenters. The van der Waals surface area contributed by atoms with Crippen LogP contribution in [0.1, 0.15) is 78.6 Å². The summed E-state index contributed by atoms with van der Waals surface area (Å²) >= 11 is 0. The van der Waals surface area contributed by atoms with E-state index in [4.69, 9.17) is 27.2 Å². The summed E-state index contributed by atoms with van der Waals surface area (Å²) < 4.78 is 6.08. The molecule has 0 saturated carbocycles. The van der Waals surface area contributed by atoms with Crippen LogP contribution in [0.2, 0.25) is 0 Å². The fraction of sp³-hybridized carbons (Fsp3) is 0.383.